The van der Waals surface area contributed by atoms with E-state index >= 15 is 0 Å². The van der Waals surface area contributed by atoms with Crippen LogP contribution in [0.3, 0.4) is 0 Å². The normalized spacial score (nSPS) is 12.2. The van der Waals surface area contributed by atoms with Crippen molar-refractivity contribution in [1.82, 2.24) is 10.2 Å². The number of anilines is 1. The molecule has 7 nitrogen and oxygen atoms in total. The number of aryl methyl sites for hydroxylation is 2. The Labute approximate surface area is 205 Å². The minimum Gasteiger partial charge on any atom is -0.357 e. The first kappa shape index (κ1) is 26.9. The van der Waals surface area contributed by atoms with Gasteiger partial charge >= 0.3 is 0 Å². The fraction of sp³-hybridized carbons (Fsp3) is 0.417. The Balaban J connectivity index is 2.16. The van der Waals surface area contributed by atoms with Gasteiger partial charge in [-0.05, 0) is 68.1 Å². The lowest BCUT2D eigenvalue weighted by Crippen LogP contribution is -2.46. The average Bonchev–Trinajstić information content (AvgIpc) is 2.75. The number of likely N-dealkylation sites (N-methyl/N-ethyl adjacent to an activating group) is 1. The van der Waals surface area contributed by atoms with Crippen molar-refractivity contribution in [2.45, 2.75) is 46.2 Å². The first-order valence-corrected chi connectivity index (χ1v) is 13.4. The number of rotatable bonds is 10. The van der Waals surface area contributed by atoms with Crippen LogP contribution in [0.2, 0.25) is 0 Å². The predicted molar refractivity (Wildman–Crippen MR) is 136 cm³/mol. The van der Waals surface area contributed by atoms with Gasteiger partial charge in [-0.1, -0.05) is 34.1 Å². The lowest BCUT2D eigenvalue weighted by Gasteiger charge is -2.29. The Hall–Kier alpha value is -2.39. The van der Waals surface area contributed by atoms with Crippen molar-refractivity contribution in [2.75, 3.05) is 24.2 Å². The van der Waals surface area contributed by atoms with Crippen LogP contribution in [-0.2, 0) is 26.2 Å². The van der Waals surface area contributed by atoms with E-state index < -0.39 is 16.1 Å². The van der Waals surface area contributed by atoms with E-state index in [1.165, 1.54) is 16.3 Å². The summed E-state index contributed by atoms with van der Waals surface area (Å²) >= 11 is 3.43. The summed E-state index contributed by atoms with van der Waals surface area (Å²) in [6.45, 7) is 6.04. The number of nitrogens with one attached hydrogen (secondary N) is 1. The minimum atomic E-state index is -3.51. The average molecular weight is 539 g/mol. The first-order valence-electron chi connectivity index (χ1n) is 10.7. The number of benzene rings is 2. The predicted octanol–water partition coefficient (Wildman–Crippen LogP) is 3.78. The van der Waals surface area contributed by atoms with Gasteiger partial charge in [0.1, 0.15) is 6.04 Å². The summed E-state index contributed by atoms with van der Waals surface area (Å²) in [5, 5.41) is 2.59. The van der Waals surface area contributed by atoms with Gasteiger partial charge in [-0.25, -0.2) is 8.42 Å². The lowest BCUT2D eigenvalue weighted by molar-refractivity contribution is -0.140. The molecule has 0 aliphatic heterocycles. The van der Waals surface area contributed by atoms with E-state index in [-0.39, 0.29) is 31.3 Å². The zero-order valence-corrected chi connectivity index (χ0v) is 22.2. The van der Waals surface area contributed by atoms with Gasteiger partial charge in [0.05, 0.1) is 11.9 Å². The molecule has 1 N–H and O–H groups in total. The third-order valence-electron chi connectivity index (χ3n) is 5.59. The summed E-state index contributed by atoms with van der Waals surface area (Å²) in [7, 11) is -1.98. The van der Waals surface area contributed by atoms with Crippen molar-refractivity contribution in [2.24, 2.45) is 0 Å². The molecule has 0 aliphatic rings. The minimum absolute atomic E-state index is 0.117. The molecule has 0 unspecified atom stereocenters. The summed E-state index contributed by atoms with van der Waals surface area (Å²) in [5.41, 5.74) is 3.55. The number of nitrogens with zero attached hydrogens (tertiary/aromatic N) is 2. The molecular formula is C24H32BrN3O4S. The Morgan fingerprint density at radius 1 is 1.09 bits per heavy atom. The maximum atomic E-state index is 13.1. The Bertz CT molecular complexity index is 1100. The molecule has 2 amide bonds. The van der Waals surface area contributed by atoms with E-state index in [4.69, 9.17) is 0 Å². The molecule has 9 heteroatoms. The number of halogens is 1. The highest BCUT2D eigenvalue weighted by Crippen LogP contribution is 2.22. The second kappa shape index (κ2) is 11.7. The van der Waals surface area contributed by atoms with Gasteiger partial charge in [-0.15, -0.1) is 0 Å². The SMILES string of the molecule is CNC(=O)[C@@H](C)N(Cc1cccc(Br)c1)C(=O)CCCN(c1ccc(C)c(C)c1)S(C)(=O)=O. The van der Waals surface area contributed by atoms with Gasteiger partial charge in [-0.2, -0.15) is 0 Å². The van der Waals surface area contributed by atoms with Crippen LogP contribution < -0.4 is 9.62 Å². The Morgan fingerprint density at radius 2 is 1.79 bits per heavy atom. The monoisotopic (exact) mass is 537 g/mol. The number of sulfonamides is 1. The fourth-order valence-electron chi connectivity index (χ4n) is 3.51. The summed E-state index contributed by atoms with van der Waals surface area (Å²) in [5.74, 6) is -0.467. The van der Waals surface area contributed by atoms with Crippen molar-refractivity contribution in [3.63, 3.8) is 0 Å². The van der Waals surface area contributed by atoms with Crippen LogP contribution in [0.1, 0.15) is 36.5 Å². The van der Waals surface area contributed by atoms with Crippen LogP contribution in [-0.4, -0.2) is 51.0 Å². The van der Waals surface area contributed by atoms with Crippen molar-refractivity contribution >= 4 is 43.5 Å². The van der Waals surface area contributed by atoms with E-state index in [1.54, 1.807) is 13.0 Å². The van der Waals surface area contributed by atoms with Crippen molar-refractivity contribution in [3.05, 3.63) is 63.6 Å². The van der Waals surface area contributed by atoms with Crippen LogP contribution in [0, 0.1) is 13.8 Å². The molecule has 1 atom stereocenters. The zero-order valence-electron chi connectivity index (χ0n) is 19.8. The maximum absolute atomic E-state index is 13.1. The topological polar surface area (TPSA) is 86.8 Å². The summed E-state index contributed by atoms with van der Waals surface area (Å²) in [6.07, 6.45) is 1.61. The number of hydrogen-bond acceptors (Lipinski definition) is 4. The smallest absolute Gasteiger partial charge is 0.242 e. The van der Waals surface area contributed by atoms with Crippen LogP contribution in [0.15, 0.2) is 46.9 Å². The molecule has 180 valence electrons. The van der Waals surface area contributed by atoms with Crippen LogP contribution in [0.4, 0.5) is 5.69 Å². The zero-order chi connectivity index (χ0) is 24.8. The fourth-order valence-corrected chi connectivity index (χ4v) is 4.91. The molecule has 0 radical (unpaired) electrons. The molecule has 0 fully saturated rings. The standard InChI is InChI=1S/C24H32BrN3O4S/c1-17-11-12-22(14-18(17)2)28(33(5,31)32)13-7-10-23(29)27(19(3)24(30)26-4)16-20-8-6-9-21(25)15-20/h6,8-9,11-12,14-15,19H,7,10,13,16H2,1-5H3,(H,26,30)/t19-/m1/s1. The molecule has 33 heavy (non-hydrogen) atoms. The van der Waals surface area contributed by atoms with E-state index in [2.05, 4.69) is 21.2 Å². The van der Waals surface area contributed by atoms with Crippen molar-refractivity contribution in [3.8, 4) is 0 Å². The Kier molecular flexibility index (Phi) is 9.48. The van der Waals surface area contributed by atoms with Gasteiger partial charge in [0.25, 0.3) is 0 Å². The lowest BCUT2D eigenvalue weighted by atomic mass is 10.1. The van der Waals surface area contributed by atoms with Gasteiger partial charge < -0.3 is 10.2 Å². The highest BCUT2D eigenvalue weighted by atomic mass is 79.9. The molecular weight excluding hydrogens is 506 g/mol. The van der Waals surface area contributed by atoms with Gasteiger partial charge in [-0.3, -0.25) is 13.9 Å². The summed E-state index contributed by atoms with van der Waals surface area (Å²) in [4.78, 5) is 26.9. The number of carbonyl (C=O) groups excluding carboxylic acids is 2. The largest absolute Gasteiger partial charge is 0.357 e. The Morgan fingerprint density at radius 3 is 2.36 bits per heavy atom. The second-order valence-electron chi connectivity index (χ2n) is 8.15. The molecule has 0 heterocycles. The van der Waals surface area contributed by atoms with Crippen molar-refractivity contribution in [1.29, 1.82) is 0 Å². The third-order valence-corrected chi connectivity index (χ3v) is 7.27. The van der Waals surface area contributed by atoms with E-state index in [0.717, 1.165) is 27.4 Å². The molecule has 0 spiro atoms. The van der Waals surface area contributed by atoms with Crippen LogP contribution in [0.25, 0.3) is 0 Å². The second-order valence-corrected chi connectivity index (χ2v) is 11.0. The molecule has 2 rings (SSSR count). The number of hydrogen-bond donors (Lipinski definition) is 1. The molecule has 2 aromatic rings. The van der Waals surface area contributed by atoms with Gasteiger partial charge in [0.15, 0.2) is 0 Å². The molecule has 0 bridgehead atoms. The summed E-state index contributed by atoms with van der Waals surface area (Å²) in [6, 6.07) is 12.4. The quantitative estimate of drug-likeness (QED) is 0.499. The number of carbonyl (C=O) groups is 2. The number of amides is 2. The van der Waals surface area contributed by atoms with E-state index in [1.807, 2.05) is 50.2 Å². The van der Waals surface area contributed by atoms with Gasteiger partial charge in [0, 0.05) is 31.0 Å². The van der Waals surface area contributed by atoms with Crippen LogP contribution in [0.5, 0.6) is 0 Å². The van der Waals surface area contributed by atoms with Crippen molar-refractivity contribution < 1.29 is 18.0 Å². The molecule has 2 aromatic carbocycles. The molecule has 0 aromatic heterocycles. The first-order chi connectivity index (χ1) is 15.4. The van der Waals surface area contributed by atoms with Crippen LogP contribution >= 0.6 is 15.9 Å². The summed E-state index contributed by atoms with van der Waals surface area (Å²) < 4.78 is 27.1. The molecule has 0 aliphatic carbocycles. The highest BCUT2D eigenvalue weighted by Gasteiger charge is 2.26. The third kappa shape index (κ3) is 7.57. The van der Waals surface area contributed by atoms with Gasteiger partial charge in [0.2, 0.25) is 21.8 Å². The van der Waals surface area contributed by atoms with E-state index in [0.29, 0.717) is 12.1 Å². The molecule has 0 saturated heterocycles. The highest BCUT2D eigenvalue weighted by molar-refractivity contribution is 9.10. The molecule has 0 saturated carbocycles. The van der Waals surface area contributed by atoms with E-state index in [9.17, 15) is 18.0 Å². The maximum Gasteiger partial charge on any atom is 0.242 e.